The Balaban J connectivity index is 2.20. The fourth-order valence-corrected chi connectivity index (χ4v) is 4.35. The van der Waals surface area contributed by atoms with Gasteiger partial charge in [0.2, 0.25) is 5.91 Å². The van der Waals surface area contributed by atoms with Crippen molar-refractivity contribution in [1.82, 2.24) is 4.90 Å². The zero-order valence-electron chi connectivity index (χ0n) is 13.5. The molecule has 0 atom stereocenters. The fourth-order valence-electron chi connectivity index (χ4n) is 2.45. The fraction of sp³-hybridized carbons (Fsp3) is 0.600. The van der Waals surface area contributed by atoms with Gasteiger partial charge in [-0.05, 0) is 26.0 Å². The first kappa shape index (κ1) is 18.3. The van der Waals surface area contributed by atoms with Crippen LogP contribution in [0.1, 0.15) is 27.7 Å². The molecule has 2 heterocycles. The number of ether oxygens (including phenoxy) is 1. The second-order valence-electron chi connectivity index (χ2n) is 5.31. The number of nitrogens with two attached hydrogens (primary N) is 1. The van der Waals surface area contributed by atoms with Crippen LogP contribution in [0.15, 0.2) is 0 Å². The first-order chi connectivity index (χ1) is 11.1. The van der Waals surface area contributed by atoms with Gasteiger partial charge in [-0.1, -0.05) is 0 Å². The van der Waals surface area contributed by atoms with Gasteiger partial charge in [0.1, 0.15) is 5.00 Å². The molecular formula is C15H23N3O3S2. The van der Waals surface area contributed by atoms with E-state index in [0.29, 0.717) is 29.5 Å². The summed E-state index contributed by atoms with van der Waals surface area (Å²) >= 11 is 2.96. The van der Waals surface area contributed by atoms with Crippen molar-refractivity contribution in [3.05, 3.63) is 16.0 Å². The Morgan fingerprint density at radius 3 is 2.96 bits per heavy atom. The molecule has 3 N–H and O–H groups in total. The highest BCUT2D eigenvalue weighted by atomic mass is 32.2. The van der Waals surface area contributed by atoms with Crippen molar-refractivity contribution in [3.63, 3.8) is 0 Å². The molecule has 2 rings (SSSR count). The molecule has 128 valence electrons. The van der Waals surface area contributed by atoms with Gasteiger partial charge in [0.25, 0.3) is 0 Å². The van der Waals surface area contributed by atoms with E-state index in [1.807, 2.05) is 0 Å². The minimum atomic E-state index is -0.348. The van der Waals surface area contributed by atoms with Crippen molar-refractivity contribution in [3.8, 4) is 0 Å². The Labute approximate surface area is 144 Å². The summed E-state index contributed by atoms with van der Waals surface area (Å²) in [5, 5.41) is 3.49. The van der Waals surface area contributed by atoms with E-state index >= 15 is 0 Å². The summed E-state index contributed by atoms with van der Waals surface area (Å²) in [6.07, 6.45) is 0.800. The number of carbonyl (C=O) groups excluding carboxylic acids is 2. The van der Waals surface area contributed by atoms with Crippen LogP contribution >= 0.6 is 23.1 Å². The molecule has 0 aliphatic carbocycles. The van der Waals surface area contributed by atoms with E-state index < -0.39 is 0 Å². The summed E-state index contributed by atoms with van der Waals surface area (Å²) in [6.45, 7) is 4.35. The number of carbonyl (C=O) groups is 2. The molecule has 8 heteroatoms. The second-order valence-corrected chi connectivity index (χ2v) is 7.52. The molecule has 0 radical (unpaired) electrons. The average Bonchev–Trinajstić information content (AvgIpc) is 2.84. The van der Waals surface area contributed by atoms with Crippen molar-refractivity contribution >= 4 is 40.0 Å². The van der Waals surface area contributed by atoms with Crippen molar-refractivity contribution in [2.75, 3.05) is 43.6 Å². The van der Waals surface area contributed by atoms with Gasteiger partial charge in [-0.3, -0.25) is 4.79 Å². The first-order valence-corrected chi connectivity index (χ1v) is 9.61. The maximum atomic E-state index is 12.3. The van der Waals surface area contributed by atoms with Gasteiger partial charge in [0.15, 0.2) is 0 Å². The Hall–Kier alpha value is -1.09. The van der Waals surface area contributed by atoms with Gasteiger partial charge in [-0.15, -0.1) is 11.3 Å². The Kier molecular flexibility index (Phi) is 6.88. The Morgan fingerprint density at radius 2 is 2.26 bits per heavy atom. The average molecular weight is 358 g/mol. The number of nitrogens with one attached hydrogen (secondary N) is 1. The van der Waals surface area contributed by atoms with Crippen molar-refractivity contribution < 1.29 is 14.3 Å². The number of thiophene rings is 1. The van der Waals surface area contributed by atoms with Gasteiger partial charge in [0.05, 0.1) is 17.9 Å². The van der Waals surface area contributed by atoms with Crippen LogP contribution in [0, 0.1) is 0 Å². The highest BCUT2D eigenvalue weighted by Gasteiger charge is 2.28. The summed E-state index contributed by atoms with van der Waals surface area (Å²) in [4.78, 5) is 27.7. The number of esters is 1. The van der Waals surface area contributed by atoms with Crippen LogP contribution < -0.4 is 11.1 Å². The number of nitrogens with zero attached hydrogens (tertiary/aromatic N) is 1. The third-order valence-electron chi connectivity index (χ3n) is 3.48. The number of anilines is 1. The molecule has 0 bridgehead atoms. The van der Waals surface area contributed by atoms with E-state index in [0.717, 1.165) is 35.7 Å². The molecule has 0 saturated carbocycles. The number of rotatable bonds is 7. The number of likely N-dealkylation sites (N-methyl/N-ethyl adjacent to an activating group) is 1. The van der Waals surface area contributed by atoms with E-state index in [1.165, 1.54) is 23.1 Å². The smallest absolute Gasteiger partial charge is 0.341 e. The highest BCUT2D eigenvalue weighted by molar-refractivity contribution is 7.99. The maximum Gasteiger partial charge on any atom is 0.341 e. The molecule has 0 aromatic carbocycles. The van der Waals surface area contributed by atoms with E-state index in [9.17, 15) is 9.59 Å². The van der Waals surface area contributed by atoms with Gasteiger partial charge < -0.3 is 20.7 Å². The molecule has 1 amide bonds. The monoisotopic (exact) mass is 357 g/mol. The van der Waals surface area contributed by atoms with Crippen LogP contribution in [0.3, 0.4) is 0 Å². The lowest BCUT2D eigenvalue weighted by molar-refractivity contribution is -0.113. The lowest BCUT2D eigenvalue weighted by Gasteiger charge is -2.22. The number of amides is 1. The van der Waals surface area contributed by atoms with E-state index in [-0.39, 0.29) is 11.9 Å². The lowest BCUT2D eigenvalue weighted by Crippen LogP contribution is -2.26. The van der Waals surface area contributed by atoms with Gasteiger partial charge in [-0.25, -0.2) is 4.79 Å². The number of hydrogen-bond acceptors (Lipinski definition) is 7. The molecular weight excluding hydrogens is 334 g/mol. The lowest BCUT2D eigenvalue weighted by atomic mass is 10.0. The standard InChI is InChI=1S/C15H23N3O3S2/c1-3-21-15(20)13-10-4-6-18(2)8-11(10)23-14(13)17-12(19)9-22-7-5-16/h3-9,16H2,1-2H3,(H,17,19). The number of fused-ring (bicyclic) bond motifs is 1. The third-order valence-corrected chi connectivity index (χ3v) is 5.60. The topological polar surface area (TPSA) is 84.7 Å². The van der Waals surface area contributed by atoms with Gasteiger partial charge in [-0.2, -0.15) is 11.8 Å². The normalized spacial score (nSPS) is 14.4. The molecule has 0 fully saturated rings. The summed E-state index contributed by atoms with van der Waals surface area (Å²) < 4.78 is 5.18. The zero-order chi connectivity index (χ0) is 16.8. The van der Waals surface area contributed by atoms with Crippen molar-refractivity contribution in [1.29, 1.82) is 0 Å². The third kappa shape index (κ3) is 4.69. The van der Waals surface area contributed by atoms with Crippen LogP contribution in [0.2, 0.25) is 0 Å². The maximum absolute atomic E-state index is 12.3. The van der Waals surface area contributed by atoms with Crippen molar-refractivity contribution in [2.45, 2.75) is 19.9 Å². The molecule has 6 nitrogen and oxygen atoms in total. The summed E-state index contributed by atoms with van der Waals surface area (Å²) in [6, 6.07) is 0. The SMILES string of the molecule is CCOC(=O)c1c(NC(=O)CSCCN)sc2c1CCN(C)C2. The molecule has 0 unspecified atom stereocenters. The predicted molar refractivity (Wildman–Crippen MR) is 95.3 cm³/mol. The van der Waals surface area contributed by atoms with E-state index in [1.54, 1.807) is 6.92 Å². The van der Waals surface area contributed by atoms with Gasteiger partial charge >= 0.3 is 5.97 Å². The molecule has 0 spiro atoms. The van der Waals surface area contributed by atoms with E-state index in [2.05, 4.69) is 17.3 Å². The molecule has 1 aliphatic heterocycles. The largest absolute Gasteiger partial charge is 0.462 e. The quantitative estimate of drug-likeness (QED) is 0.569. The Bertz CT molecular complexity index is 575. The Morgan fingerprint density at radius 1 is 1.48 bits per heavy atom. The minimum absolute atomic E-state index is 0.110. The molecule has 23 heavy (non-hydrogen) atoms. The summed E-state index contributed by atoms with van der Waals surface area (Å²) in [5.41, 5.74) is 6.99. The zero-order valence-corrected chi connectivity index (χ0v) is 15.1. The first-order valence-electron chi connectivity index (χ1n) is 7.64. The molecule has 1 aromatic rings. The predicted octanol–water partition coefficient (Wildman–Crippen LogP) is 1.54. The van der Waals surface area contributed by atoms with Crippen LogP contribution in [-0.4, -0.2) is 55.0 Å². The second kappa shape index (κ2) is 8.68. The summed E-state index contributed by atoms with van der Waals surface area (Å²) in [5.74, 6) is 0.617. The minimum Gasteiger partial charge on any atom is -0.462 e. The summed E-state index contributed by atoms with van der Waals surface area (Å²) in [7, 11) is 2.05. The van der Waals surface area contributed by atoms with Crippen molar-refractivity contribution in [2.24, 2.45) is 5.73 Å². The molecule has 1 aromatic heterocycles. The van der Waals surface area contributed by atoms with Crippen LogP contribution in [0.5, 0.6) is 0 Å². The molecule has 1 aliphatic rings. The van der Waals surface area contributed by atoms with Crippen LogP contribution in [-0.2, 0) is 22.5 Å². The van der Waals surface area contributed by atoms with Crippen LogP contribution in [0.25, 0.3) is 0 Å². The van der Waals surface area contributed by atoms with E-state index in [4.69, 9.17) is 10.5 Å². The number of thioether (sulfide) groups is 1. The highest BCUT2D eigenvalue weighted by Crippen LogP contribution is 2.37. The van der Waals surface area contributed by atoms with Crippen LogP contribution in [0.4, 0.5) is 5.00 Å². The number of hydrogen-bond donors (Lipinski definition) is 2. The van der Waals surface area contributed by atoms with Gasteiger partial charge in [0, 0.05) is 30.3 Å². The molecule has 0 saturated heterocycles.